The Morgan fingerprint density at radius 3 is 2.59 bits per heavy atom. The van der Waals surface area contributed by atoms with Crippen molar-refractivity contribution in [3.63, 3.8) is 0 Å². The Hall–Kier alpha value is -2.61. The van der Waals surface area contributed by atoms with Crippen LogP contribution in [0.15, 0.2) is 35.4 Å². The van der Waals surface area contributed by atoms with E-state index in [1.165, 1.54) is 12.3 Å². The molecule has 0 aliphatic rings. The van der Waals surface area contributed by atoms with Crippen LogP contribution in [-0.2, 0) is 10.0 Å². The fourth-order valence-electron chi connectivity index (χ4n) is 2.65. The lowest BCUT2D eigenvalue weighted by molar-refractivity contribution is 0.0696. The molecular weight excluding hydrogens is 366 g/mol. The lowest BCUT2D eigenvalue weighted by Crippen LogP contribution is -2.23. The highest BCUT2D eigenvalue weighted by Gasteiger charge is 2.21. The van der Waals surface area contributed by atoms with Crippen LogP contribution in [0.3, 0.4) is 0 Å². The number of aryl methyl sites for hydroxylation is 2. The molecule has 0 radical (unpaired) electrons. The summed E-state index contributed by atoms with van der Waals surface area (Å²) in [5, 5.41) is 9.25. The number of carbonyl (C=O) groups is 1. The zero-order valence-electron chi connectivity index (χ0n) is 16.0. The molecule has 0 aliphatic carbocycles. The molecule has 0 fully saturated rings. The number of aromatic nitrogens is 1. The summed E-state index contributed by atoms with van der Waals surface area (Å²) < 4.78 is 28.4. The SMILES string of the molecule is CCCCN(C)c1ncc(C(=O)O)cc1NS(=O)(=O)c1cc(C)ccc1C. The third kappa shape index (κ3) is 4.97. The second-order valence-electron chi connectivity index (χ2n) is 6.55. The van der Waals surface area contributed by atoms with E-state index in [1.54, 1.807) is 26.1 Å². The smallest absolute Gasteiger partial charge is 0.337 e. The lowest BCUT2D eigenvalue weighted by atomic mass is 10.2. The summed E-state index contributed by atoms with van der Waals surface area (Å²) in [6, 6.07) is 6.47. The molecule has 2 N–H and O–H groups in total. The highest BCUT2D eigenvalue weighted by molar-refractivity contribution is 7.92. The van der Waals surface area contributed by atoms with Gasteiger partial charge in [-0.3, -0.25) is 4.72 Å². The van der Waals surface area contributed by atoms with Gasteiger partial charge in [-0.1, -0.05) is 25.5 Å². The van der Waals surface area contributed by atoms with Crippen LogP contribution in [0.25, 0.3) is 0 Å². The Morgan fingerprint density at radius 2 is 1.96 bits per heavy atom. The molecule has 27 heavy (non-hydrogen) atoms. The van der Waals surface area contributed by atoms with Gasteiger partial charge in [0.05, 0.1) is 16.1 Å². The molecule has 8 heteroatoms. The van der Waals surface area contributed by atoms with E-state index in [4.69, 9.17) is 0 Å². The molecular formula is C19H25N3O4S. The number of anilines is 2. The van der Waals surface area contributed by atoms with E-state index < -0.39 is 16.0 Å². The van der Waals surface area contributed by atoms with Crippen LogP contribution in [0.1, 0.15) is 41.3 Å². The zero-order chi connectivity index (χ0) is 20.2. The number of carboxylic acids is 1. The van der Waals surface area contributed by atoms with Crippen LogP contribution >= 0.6 is 0 Å². The number of nitrogens with zero attached hydrogens (tertiary/aromatic N) is 2. The Labute approximate surface area is 160 Å². The lowest BCUT2D eigenvalue weighted by Gasteiger charge is -2.22. The number of hydrogen-bond acceptors (Lipinski definition) is 5. The molecule has 0 saturated carbocycles. The average molecular weight is 391 g/mol. The molecule has 0 amide bonds. The monoisotopic (exact) mass is 391 g/mol. The molecule has 2 aromatic rings. The van der Waals surface area contributed by atoms with Gasteiger partial charge in [0.2, 0.25) is 0 Å². The minimum atomic E-state index is -3.90. The van der Waals surface area contributed by atoms with Crippen molar-refractivity contribution in [3.05, 3.63) is 47.2 Å². The van der Waals surface area contributed by atoms with Crippen molar-refractivity contribution in [3.8, 4) is 0 Å². The summed E-state index contributed by atoms with van der Waals surface area (Å²) >= 11 is 0. The first kappa shape index (κ1) is 20.7. The largest absolute Gasteiger partial charge is 0.478 e. The third-order valence-electron chi connectivity index (χ3n) is 4.20. The van der Waals surface area contributed by atoms with Gasteiger partial charge in [0.25, 0.3) is 10.0 Å². The van der Waals surface area contributed by atoms with Gasteiger partial charge >= 0.3 is 5.97 Å². The topological polar surface area (TPSA) is 99.6 Å². The molecule has 0 unspecified atom stereocenters. The van der Waals surface area contributed by atoms with Crippen molar-refractivity contribution in [1.82, 2.24) is 4.98 Å². The number of nitrogens with one attached hydrogen (secondary N) is 1. The summed E-state index contributed by atoms with van der Waals surface area (Å²) in [6.07, 6.45) is 3.11. The second kappa shape index (κ2) is 8.39. The normalized spacial score (nSPS) is 11.3. The van der Waals surface area contributed by atoms with Crippen LogP contribution in [0.4, 0.5) is 11.5 Å². The van der Waals surface area contributed by atoms with E-state index in [0.717, 1.165) is 18.4 Å². The standard InChI is InChI=1S/C19H25N3O4S/c1-5-6-9-22(4)18-16(11-15(12-20-18)19(23)24)21-27(25,26)17-10-13(2)7-8-14(17)3/h7-8,10-12,21H,5-6,9H2,1-4H3,(H,23,24). The maximum Gasteiger partial charge on any atom is 0.337 e. The van der Waals surface area contributed by atoms with Gasteiger partial charge in [-0.15, -0.1) is 0 Å². The molecule has 1 aromatic carbocycles. The van der Waals surface area contributed by atoms with Crippen LogP contribution < -0.4 is 9.62 Å². The van der Waals surface area contributed by atoms with Gasteiger partial charge in [0, 0.05) is 19.8 Å². The third-order valence-corrected chi connectivity index (χ3v) is 5.71. The minimum Gasteiger partial charge on any atom is -0.478 e. The Kier molecular flexibility index (Phi) is 6.43. The number of unbranched alkanes of at least 4 members (excludes halogenated alkanes) is 1. The number of pyridine rings is 1. The minimum absolute atomic E-state index is 0.0821. The van der Waals surface area contributed by atoms with Crippen molar-refractivity contribution < 1.29 is 18.3 Å². The van der Waals surface area contributed by atoms with Crippen molar-refractivity contribution in [2.75, 3.05) is 23.2 Å². The zero-order valence-corrected chi connectivity index (χ0v) is 16.8. The van der Waals surface area contributed by atoms with Gasteiger partial charge in [0.1, 0.15) is 0 Å². The number of aromatic carboxylic acids is 1. The van der Waals surface area contributed by atoms with Crippen molar-refractivity contribution in [1.29, 1.82) is 0 Å². The highest BCUT2D eigenvalue weighted by Crippen LogP contribution is 2.28. The summed E-state index contributed by atoms with van der Waals surface area (Å²) in [7, 11) is -2.10. The predicted molar refractivity (Wildman–Crippen MR) is 106 cm³/mol. The molecule has 0 aliphatic heterocycles. The van der Waals surface area contributed by atoms with E-state index in [1.807, 2.05) is 17.9 Å². The number of carboxylic acid groups (broad SMARTS) is 1. The van der Waals surface area contributed by atoms with Gasteiger partial charge < -0.3 is 10.0 Å². The number of rotatable bonds is 8. The predicted octanol–water partition coefficient (Wildman–Crippen LogP) is 3.43. The van der Waals surface area contributed by atoms with E-state index in [9.17, 15) is 18.3 Å². The number of benzene rings is 1. The van der Waals surface area contributed by atoms with E-state index >= 15 is 0 Å². The fraction of sp³-hybridized carbons (Fsp3) is 0.368. The van der Waals surface area contributed by atoms with Crippen LogP contribution in [-0.4, -0.2) is 38.1 Å². The van der Waals surface area contributed by atoms with E-state index in [2.05, 4.69) is 16.6 Å². The van der Waals surface area contributed by atoms with E-state index in [-0.39, 0.29) is 16.1 Å². The molecule has 7 nitrogen and oxygen atoms in total. The Balaban J connectivity index is 2.49. The molecule has 0 bridgehead atoms. The van der Waals surface area contributed by atoms with Gasteiger partial charge in [-0.2, -0.15) is 0 Å². The quantitative estimate of drug-likeness (QED) is 0.715. The first-order valence-electron chi connectivity index (χ1n) is 8.70. The number of hydrogen-bond donors (Lipinski definition) is 2. The van der Waals surface area contributed by atoms with Crippen LogP contribution in [0.5, 0.6) is 0 Å². The van der Waals surface area contributed by atoms with Gasteiger partial charge in [0.15, 0.2) is 5.82 Å². The second-order valence-corrected chi connectivity index (χ2v) is 8.20. The highest BCUT2D eigenvalue weighted by atomic mass is 32.2. The summed E-state index contributed by atoms with van der Waals surface area (Å²) in [5.74, 6) is -0.778. The van der Waals surface area contributed by atoms with E-state index in [0.29, 0.717) is 17.9 Å². The molecule has 0 spiro atoms. The average Bonchev–Trinajstić information content (AvgIpc) is 2.61. The molecule has 0 saturated heterocycles. The van der Waals surface area contributed by atoms with Crippen molar-refractivity contribution in [2.45, 2.75) is 38.5 Å². The summed E-state index contributed by atoms with van der Waals surface area (Å²) in [4.78, 5) is 17.5. The molecule has 1 aromatic heterocycles. The molecule has 146 valence electrons. The van der Waals surface area contributed by atoms with Crippen LogP contribution in [0, 0.1) is 13.8 Å². The van der Waals surface area contributed by atoms with Crippen molar-refractivity contribution >= 4 is 27.5 Å². The summed E-state index contributed by atoms with van der Waals surface area (Å²) in [5.41, 5.74) is 1.49. The maximum absolute atomic E-state index is 12.9. The molecule has 0 atom stereocenters. The van der Waals surface area contributed by atoms with Crippen molar-refractivity contribution in [2.24, 2.45) is 0 Å². The first-order valence-corrected chi connectivity index (χ1v) is 10.2. The molecule has 2 rings (SSSR count). The first-order chi connectivity index (χ1) is 12.7. The van der Waals surface area contributed by atoms with Gasteiger partial charge in [-0.25, -0.2) is 18.2 Å². The fourth-order valence-corrected chi connectivity index (χ4v) is 4.03. The van der Waals surface area contributed by atoms with Gasteiger partial charge in [-0.05, 0) is 43.5 Å². The van der Waals surface area contributed by atoms with Crippen LogP contribution in [0.2, 0.25) is 0 Å². The molecule has 1 heterocycles. The Morgan fingerprint density at radius 1 is 1.26 bits per heavy atom. The summed E-state index contributed by atoms with van der Waals surface area (Å²) in [6.45, 7) is 6.26. The number of sulfonamides is 1. The maximum atomic E-state index is 12.9. The Bertz CT molecular complexity index is 942.